The molecule has 0 bridgehead atoms. The van der Waals surface area contributed by atoms with Crippen LogP contribution in [0, 0.1) is 0 Å². The van der Waals surface area contributed by atoms with Gasteiger partial charge in [-0.25, -0.2) is 0 Å². The van der Waals surface area contributed by atoms with Crippen molar-refractivity contribution in [3.8, 4) is 66.8 Å². The average Bonchev–Trinajstić information content (AvgIpc) is 3.83. The van der Waals surface area contributed by atoms with Gasteiger partial charge < -0.3 is 4.90 Å². The zero-order chi connectivity index (χ0) is 41.0. The van der Waals surface area contributed by atoms with Gasteiger partial charge in [-0.05, 0) is 144 Å². The van der Waals surface area contributed by atoms with E-state index < -0.39 is 5.41 Å². The van der Waals surface area contributed by atoms with Crippen molar-refractivity contribution in [2.24, 2.45) is 0 Å². The van der Waals surface area contributed by atoms with Crippen LogP contribution < -0.4 is 4.90 Å². The molecule has 1 unspecified atom stereocenters. The van der Waals surface area contributed by atoms with Crippen LogP contribution in [-0.2, 0) is 5.41 Å². The lowest BCUT2D eigenvalue weighted by molar-refractivity contribution is 0.792. The predicted octanol–water partition coefficient (Wildman–Crippen LogP) is 16.2. The summed E-state index contributed by atoms with van der Waals surface area (Å²) in [5, 5.41) is 0. The van der Waals surface area contributed by atoms with Crippen molar-refractivity contribution >= 4 is 17.1 Å². The molecule has 0 fully saturated rings. The van der Waals surface area contributed by atoms with Gasteiger partial charge in [0.15, 0.2) is 0 Å². The number of nitrogens with zero attached hydrogens (tertiary/aromatic N) is 1. The van der Waals surface area contributed by atoms with Crippen molar-refractivity contribution in [2.75, 3.05) is 4.90 Å². The minimum atomic E-state index is -0.473. The molecule has 0 aliphatic heterocycles. The highest BCUT2D eigenvalue weighted by Gasteiger charge is 2.52. The van der Waals surface area contributed by atoms with E-state index in [9.17, 15) is 0 Å². The van der Waals surface area contributed by atoms with Crippen LogP contribution in [0.1, 0.15) is 22.3 Å². The highest BCUT2D eigenvalue weighted by Crippen LogP contribution is 2.65. The second-order valence-corrected chi connectivity index (χ2v) is 16.4. The van der Waals surface area contributed by atoms with E-state index in [4.69, 9.17) is 0 Å². The molecule has 1 nitrogen and oxygen atoms in total. The smallest absolute Gasteiger partial charge is 0.0725 e. The number of anilines is 3. The average molecular weight is 788 g/mol. The van der Waals surface area contributed by atoms with Crippen LogP contribution in [0.2, 0.25) is 0 Å². The van der Waals surface area contributed by atoms with Crippen molar-refractivity contribution in [3.05, 3.63) is 271 Å². The Labute approximate surface area is 363 Å². The van der Waals surface area contributed by atoms with Crippen molar-refractivity contribution < 1.29 is 0 Å². The zero-order valence-corrected chi connectivity index (χ0v) is 34.1. The molecular formula is C61H41N. The summed E-state index contributed by atoms with van der Waals surface area (Å²) in [5.41, 5.74) is 23.2. The fourth-order valence-corrected chi connectivity index (χ4v) is 10.3. The fourth-order valence-electron chi connectivity index (χ4n) is 10.3. The normalized spacial score (nSPS) is 14.2. The van der Waals surface area contributed by atoms with Crippen LogP contribution in [-0.4, -0.2) is 0 Å². The summed E-state index contributed by atoms with van der Waals surface area (Å²) in [5.74, 6) is 0. The van der Waals surface area contributed by atoms with Crippen molar-refractivity contribution in [1.82, 2.24) is 0 Å². The van der Waals surface area contributed by atoms with E-state index in [0.29, 0.717) is 0 Å². The number of hydrogen-bond donors (Lipinski definition) is 0. The SMILES string of the molecule is c1ccc(-c2ccc(N(c3ccc(-c4ccccc4)cc3)c3ccc(C45c6ccccc6-c6cc(-c7ccccc7)cc(c64)-c4cc(-c6ccccc6)ccc45)cc3)cc2)cc1. The van der Waals surface area contributed by atoms with Crippen molar-refractivity contribution in [3.63, 3.8) is 0 Å². The minimum Gasteiger partial charge on any atom is -0.311 e. The molecular weight excluding hydrogens is 747 g/mol. The molecule has 0 spiro atoms. The van der Waals surface area contributed by atoms with Gasteiger partial charge in [-0.15, -0.1) is 0 Å². The van der Waals surface area contributed by atoms with Crippen LogP contribution in [0.25, 0.3) is 66.8 Å². The molecule has 0 aromatic heterocycles. The first-order valence-electron chi connectivity index (χ1n) is 21.5. The lowest BCUT2D eigenvalue weighted by Gasteiger charge is -2.32. The second kappa shape index (κ2) is 14.6. The number of hydrogen-bond acceptors (Lipinski definition) is 1. The van der Waals surface area contributed by atoms with Gasteiger partial charge in [0.05, 0.1) is 5.41 Å². The molecule has 0 N–H and O–H groups in total. The Bertz CT molecular complexity index is 3140. The molecule has 0 radical (unpaired) electrons. The molecule has 0 heterocycles. The van der Waals surface area contributed by atoms with Crippen LogP contribution >= 0.6 is 0 Å². The minimum absolute atomic E-state index is 0.473. The van der Waals surface area contributed by atoms with Crippen LogP contribution in [0.3, 0.4) is 0 Å². The fraction of sp³-hybridized carbons (Fsp3) is 0.0164. The summed E-state index contributed by atoms with van der Waals surface area (Å²) in [6, 6.07) is 91.4. The highest BCUT2D eigenvalue weighted by molar-refractivity contribution is 6.02. The quantitative estimate of drug-likeness (QED) is 0.148. The molecule has 2 aliphatic carbocycles. The van der Waals surface area contributed by atoms with E-state index in [0.717, 1.165) is 17.1 Å². The third-order valence-electron chi connectivity index (χ3n) is 13.1. The zero-order valence-electron chi connectivity index (χ0n) is 34.1. The van der Waals surface area contributed by atoms with Gasteiger partial charge in [-0.1, -0.05) is 194 Å². The predicted molar refractivity (Wildman–Crippen MR) is 259 cm³/mol. The van der Waals surface area contributed by atoms with Crippen LogP contribution in [0.15, 0.2) is 249 Å². The van der Waals surface area contributed by atoms with Gasteiger partial charge in [0.2, 0.25) is 0 Å². The Balaban J connectivity index is 1.03. The third-order valence-corrected chi connectivity index (χ3v) is 13.1. The Hall–Kier alpha value is -8.00. The largest absolute Gasteiger partial charge is 0.311 e. The van der Waals surface area contributed by atoms with Gasteiger partial charge >= 0.3 is 0 Å². The maximum Gasteiger partial charge on any atom is 0.0725 e. The Morgan fingerprint density at radius 3 is 1.11 bits per heavy atom. The summed E-state index contributed by atoms with van der Waals surface area (Å²) in [7, 11) is 0. The van der Waals surface area contributed by atoms with Gasteiger partial charge in [-0.3, -0.25) is 0 Å². The molecule has 290 valence electrons. The van der Waals surface area contributed by atoms with Crippen molar-refractivity contribution in [1.29, 1.82) is 0 Å². The van der Waals surface area contributed by atoms with Crippen LogP contribution in [0.5, 0.6) is 0 Å². The third kappa shape index (κ3) is 5.70. The van der Waals surface area contributed by atoms with E-state index in [2.05, 4.69) is 254 Å². The number of benzene rings is 10. The molecule has 1 atom stereocenters. The molecule has 12 rings (SSSR count). The van der Waals surface area contributed by atoms with Gasteiger partial charge in [0, 0.05) is 17.1 Å². The maximum absolute atomic E-state index is 2.45. The van der Waals surface area contributed by atoms with Gasteiger partial charge in [0.1, 0.15) is 0 Å². The van der Waals surface area contributed by atoms with E-state index in [1.54, 1.807) is 0 Å². The molecule has 0 saturated heterocycles. The molecule has 0 saturated carbocycles. The molecule has 62 heavy (non-hydrogen) atoms. The van der Waals surface area contributed by atoms with E-state index in [1.165, 1.54) is 89.0 Å². The summed E-state index contributed by atoms with van der Waals surface area (Å²) in [6.07, 6.45) is 0. The Morgan fingerprint density at radius 2 is 0.597 bits per heavy atom. The number of rotatable bonds is 8. The Kier molecular flexibility index (Phi) is 8.47. The lowest BCUT2D eigenvalue weighted by atomic mass is 9.70. The maximum atomic E-state index is 2.45. The summed E-state index contributed by atoms with van der Waals surface area (Å²) >= 11 is 0. The molecule has 2 aliphatic rings. The topological polar surface area (TPSA) is 3.24 Å². The standard InChI is InChI=1S/C61H41N/c1-5-15-42(16-6-1)46-25-32-51(33-26-46)62(52-34-27-47(28-35-52)43-17-7-2-8-18-43)53-36-30-50(31-37-53)61-58-24-14-13-23-54(58)56-40-49(45-21-11-4-12-22-45)41-57(60(56)61)55-39-48(29-38-59(55)61)44-19-9-3-10-20-44/h1-41H. The monoisotopic (exact) mass is 787 g/mol. The first-order valence-corrected chi connectivity index (χ1v) is 21.5. The molecule has 1 heteroatoms. The lowest BCUT2D eigenvalue weighted by Crippen LogP contribution is -2.26. The van der Waals surface area contributed by atoms with E-state index in [1.807, 2.05) is 0 Å². The summed E-state index contributed by atoms with van der Waals surface area (Å²) in [4.78, 5) is 2.38. The highest BCUT2D eigenvalue weighted by atomic mass is 15.1. The summed E-state index contributed by atoms with van der Waals surface area (Å²) < 4.78 is 0. The first-order chi connectivity index (χ1) is 30.7. The molecule has 10 aromatic carbocycles. The summed E-state index contributed by atoms with van der Waals surface area (Å²) in [6.45, 7) is 0. The first kappa shape index (κ1) is 35.9. The van der Waals surface area contributed by atoms with E-state index in [-0.39, 0.29) is 0 Å². The van der Waals surface area contributed by atoms with Crippen LogP contribution in [0.4, 0.5) is 17.1 Å². The number of fused-ring (bicyclic) bond motifs is 6. The van der Waals surface area contributed by atoms with Gasteiger partial charge in [0.25, 0.3) is 0 Å². The Morgan fingerprint density at radius 1 is 0.242 bits per heavy atom. The van der Waals surface area contributed by atoms with Crippen molar-refractivity contribution in [2.45, 2.75) is 5.41 Å². The molecule has 10 aromatic rings. The molecule has 0 amide bonds. The second-order valence-electron chi connectivity index (χ2n) is 16.4. The van der Waals surface area contributed by atoms with Gasteiger partial charge in [-0.2, -0.15) is 0 Å². The van der Waals surface area contributed by atoms with E-state index >= 15 is 0 Å².